The summed E-state index contributed by atoms with van der Waals surface area (Å²) in [6.07, 6.45) is 2.43. The van der Waals surface area contributed by atoms with E-state index in [0.717, 1.165) is 17.6 Å². The van der Waals surface area contributed by atoms with Crippen molar-refractivity contribution in [1.29, 1.82) is 0 Å². The second-order valence-corrected chi connectivity index (χ2v) is 7.10. The van der Waals surface area contributed by atoms with Crippen LogP contribution in [-0.4, -0.2) is 32.9 Å². The highest BCUT2D eigenvalue weighted by molar-refractivity contribution is 7.93. The predicted octanol–water partition coefficient (Wildman–Crippen LogP) is 1.90. The fourth-order valence-corrected chi connectivity index (χ4v) is 4.12. The molecule has 8 heteroatoms. The van der Waals surface area contributed by atoms with Crippen LogP contribution >= 0.6 is 11.3 Å². The molecule has 0 atom stereocenters. The number of ether oxygens (including phenoxy) is 1. The van der Waals surface area contributed by atoms with E-state index >= 15 is 0 Å². The van der Waals surface area contributed by atoms with E-state index in [-0.39, 0.29) is 9.09 Å². The number of methoxy groups -OCH3 is 1. The molecule has 0 aliphatic heterocycles. The third-order valence-corrected chi connectivity index (χ3v) is 5.62. The van der Waals surface area contributed by atoms with E-state index in [2.05, 4.69) is 9.89 Å². The number of aromatic nitrogens is 1. The molecule has 0 radical (unpaired) electrons. The fourth-order valence-electron chi connectivity index (χ4n) is 1.67. The molecule has 6 nitrogen and oxygen atoms in total. The van der Waals surface area contributed by atoms with Crippen molar-refractivity contribution in [2.75, 3.05) is 13.4 Å². The van der Waals surface area contributed by atoms with Crippen LogP contribution in [0.25, 0.3) is 11.3 Å². The van der Waals surface area contributed by atoms with E-state index in [4.69, 9.17) is 4.52 Å². The van der Waals surface area contributed by atoms with Crippen LogP contribution in [0, 0.1) is 6.92 Å². The smallest absolute Gasteiger partial charge is 0.348 e. The monoisotopic (exact) mass is 301 g/mol. The predicted molar refractivity (Wildman–Crippen MR) is 69.0 cm³/mol. The lowest BCUT2D eigenvalue weighted by atomic mass is 10.1. The topological polar surface area (TPSA) is 86.5 Å². The van der Waals surface area contributed by atoms with Crippen LogP contribution < -0.4 is 0 Å². The van der Waals surface area contributed by atoms with Crippen LogP contribution in [-0.2, 0) is 14.6 Å². The van der Waals surface area contributed by atoms with E-state index < -0.39 is 15.8 Å². The Hall–Kier alpha value is -1.67. The molecule has 0 aliphatic carbocycles. The summed E-state index contributed by atoms with van der Waals surface area (Å²) < 4.78 is 33.1. The lowest BCUT2D eigenvalue weighted by Crippen LogP contribution is -2.00. The molecule has 0 aromatic carbocycles. The highest BCUT2D eigenvalue weighted by atomic mass is 32.2. The average Bonchev–Trinajstić information content (AvgIpc) is 2.93. The first-order valence-corrected chi connectivity index (χ1v) is 7.89. The number of hydrogen-bond donors (Lipinski definition) is 0. The Labute approximate surface area is 113 Å². The van der Waals surface area contributed by atoms with Crippen molar-refractivity contribution in [3.05, 3.63) is 22.8 Å². The molecule has 0 amide bonds. The Morgan fingerprint density at radius 1 is 1.47 bits per heavy atom. The molecule has 2 heterocycles. The van der Waals surface area contributed by atoms with Crippen LogP contribution in [0.2, 0.25) is 0 Å². The summed E-state index contributed by atoms with van der Waals surface area (Å²) in [5.41, 5.74) is 1.29. The van der Waals surface area contributed by atoms with Gasteiger partial charge in [-0.25, -0.2) is 13.2 Å². The van der Waals surface area contributed by atoms with Crippen molar-refractivity contribution >= 4 is 27.1 Å². The summed E-state index contributed by atoms with van der Waals surface area (Å²) in [7, 11) is -2.23. The summed E-state index contributed by atoms with van der Waals surface area (Å²) in [6.45, 7) is 1.65. The van der Waals surface area contributed by atoms with Crippen LogP contribution in [0.4, 0.5) is 0 Å². The van der Waals surface area contributed by atoms with E-state index in [1.807, 2.05) is 0 Å². The van der Waals surface area contributed by atoms with Gasteiger partial charge >= 0.3 is 5.97 Å². The summed E-state index contributed by atoms with van der Waals surface area (Å²) >= 11 is 0.880. The van der Waals surface area contributed by atoms with Gasteiger partial charge in [0.2, 0.25) is 0 Å². The van der Waals surface area contributed by atoms with Crippen LogP contribution in [0.15, 0.2) is 21.1 Å². The number of nitrogens with zero attached hydrogens (tertiary/aromatic N) is 1. The zero-order chi connectivity index (χ0) is 14.2. The van der Waals surface area contributed by atoms with Gasteiger partial charge in [-0.3, -0.25) is 0 Å². The zero-order valence-electron chi connectivity index (χ0n) is 10.5. The van der Waals surface area contributed by atoms with Gasteiger partial charge in [0.05, 0.1) is 7.11 Å². The molecule has 19 heavy (non-hydrogen) atoms. The van der Waals surface area contributed by atoms with Gasteiger partial charge in [-0.2, -0.15) is 0 Å². The SMILES string of the molecule is COC(=O)c1sc(S(C)(=O)=O)c(-c2ccon2)c1C. The van der Waals surface area contributed by atoms with Crippen molar-refractivity contribution < 1.29 is 22.5 Å². The molecule has 102 valence electrons. The third-order valence-electron chi connectivity index (χ3n) is 2.52. The van der Waals surface area contributed by atoms with E-state index in [1.165, 1.54) is 13.4 Å². The zero-order valence-corrected chi connectivity index (χ0v) is 12.1. The maximum atomic E-state index is 11.8. The number of thiophene rings is 1. The molecule has 0 N–H and O–H groups in total. The quantitative estimate of drug-likeness (QED) is 0.805. The van der Waals surface area contributed by atoms with Crippen molar-refractivity contribution in [1.82, 2.24) is 5.16 Å². The van der Waals surface area contributed by atoms with Gasteiger partial charge in [-0.05, 0) is 12.5 Å². The molecule has 0 bridgehead atoms. The number of carbonyl (C=O) groups excluding carboxylic acids is 1. The summed E-state index contributed by atoms with van der Waals surface area (Å²) in [5.74, 6) is -0.567. The Morgan fingerprint density at radius 3 is 2.63 bits per heavy atom. The first kappa shape index (κ1) is 13.8. The van der Waals surface area contributed by atoms with Crippen LogP contribution in [0.3, 0.4) is 0 Å². The van der Waals surface area contributed by atoms with Gasteiger partial charge in [0, 0.05) is 17.9 Å². The minimum atomic E-state index is -3.47. The normalized spacial score (nSPS) is 11.5. The van der Waals surface area contributed by atoms with E-state index in [1.54, 1.807) is 13.0 Å². The number of carbonyl (C=O) groups is 1. The second kappa shape index (κ2) is 4.78. The van der Waals surface area contributed by atoms with Gasteiger partial charge in [-0.1, -0.05) is 5.16 Å². The number of rotatable bonds is 3. The van der Waals surface area contributed by atoms with E-state index in [9.17, 15) is 13.2 Å². The molecule has 0 spiro atoms. The summed E-state index contributed by atoms with van der Waals surface area (Å²) in [6, 6.07) is 1.55. The minimum absolute atomic E-state index is 0.0827. The van der Waals surface area contributed by atoms with Crippen molar-refractivity contribution in [3.63, 3.8) is 0 Å². The van der Waals surface area contributed by atoms with Crippen molar-refractivity contribution in [3.8, 4) is 11.3 Å². The minimum Gasteiger partial charge on any atom is -0.465 e. The van der Waals surface area contributed by atoms with Gasteiger partial charge in [0.15, 0.2) is 9.84 Å². The van der Waals surface area contributed by atoms with Gasteiger partial charge in [0.25, 0.3) is 0 Å². The molecule has 0 unspecified atom stereocenters. The Morgan fingerprint density at radius 2 is 2.16 bits per heavy atom. The summed E-state index contributed by atoms with van der Waals surface area (Å²) in [5, 5.41) is 3.74. The molecular weight excluding hydrogens is 290 g/mol. The maximum Gasteiger partial charge on any atom is 0.348 e. The molecule has 0 aliphatic rings. The fraction of sp³-hybridized carbons (Fsp3) is 0.273. The average molecular weight is 301 g/mol. The van der Waals surface area contributed by atoms with Crippen molar-refractivity contribution in [2.45, 2.75) is 11.1 Å². The van der Waals surface area contributed by atoms with Crippen LogP contribution in [0.1, 0.15) is 15.2 Å². The molecular formula is C11H11NO5S2. The van der Waals surface area contributed by atoms with Gasteiger partial charge in [0.1, 0.15) is 21.0 Å². The second-order valence-electron chi connectivity index (χ2n) is 3.87. The molecule has 2 rings (SSSR count). The Balaban J connectivity index is 2.77. The highest BCUT2D eigenvalue weighted by Gasteiger charge is 2.27. The first-order chi connectivity index (χ1) is 8.86. The Bertz CT molecular complexity index is 713. The molecule has 2 aromatic heterocycles. The number of esters is 1. The lowest BCUT2D eigenvalue weighted by Gasteiger charge is -1.99. The van der Waals surface area contributed by atoms with Crippen LogP contribution in [0.5, 0.6) is 0 Å². The third kappa shape index (κ3) is 2.41. The molecule has 0 saturated heterocycles. The number of hydrogen-bond acceptors (Lipinski definition) is 7. The van der Waals surface area contributed by atoms with Gasteiger partial charge < -0.3 is 9.26 Å². The number of sulfone groups is 1. The Kier molecular flexibility index (Phi) is 3.46. The maximum absolute atomic E-state index is 11.8. The van der Waals surface area contributed by atoms with E-state index in [0.29, 0.717) is 16.8 Å². The molecule has 0 fully saturated rings. The first-order valence-electron chi connectivity index (χ1n) is 5.18. The molecule has 0 saturated carbocycles. The molecule has 2 aromatic rings. The van der Waals surface area contributed by atoms with Gasteiger partial charge in [-0.15, -0.1) is 11.3 Å². The largest absolute Gasteiger partial charge is 0.465 e. The van der Waals surface area contributed by atoms with Crippen molar-refractivity contribution in [2.24, 2.45) is 0 Å². The summed E-state index contributed by atoms with van der Waals surface area (Å²) in [4.78, 5) is 11.9. The lowest BCUT2D eigenvalue weighted by molar-refractivity contribution is 0.0605. The standard InChI is InChI=1S/C11H11NO5S2/c1-6-8(7-4-5-17-12-7)11(19(3,14)15)18-9(6)10(13)16-2/h4-5H,1-3H3. The highest BCUT2D eigenvalue weighted by Crippen LogP contribution is 2.38.